The van der Waals surface area contributed by atoms with E-state index in [1.807, 2.05) is 6.07 Å². The van der Waals surface area contributed by atoms with Crippen LogP contribution in [0, 0.1) is 0 Å². The number of hydrogen-bond donors (Lipinski definition) is 0. The van der Waals surface area contributed by atoms with Gasteiger partial charge in [-0.05, 0) is 30.2 Å². The van der Waals surface area contributed by atoms with E-state index < -0.39 is 0 Å². The molecule has 3 aromatic rings. The monoisotopic (exact) mass is 577 g/mol. The highest BCUT2D eigenvalue weighted by Crippen LogP contribution is 2.45. The highest BCUT2D eigenvalue weighted by molar-refractivity contribution is 9.10. The van der Waals surface area contributed by atoms with E-state index in [1.54, 1.807) is 14.2 Å². The third kappa shape index (κ3) is 4.18. The zero-order valence-corrected chi connectivity index (χ0v) is 22.5. The first-order chi connectivity index (χ1) is 15.7. The second-order valence-corrected chi connectivity index (χ2v) is 9.29. The number of unbranched alkanes of at least 4 members (excludes halogenated alkanes) is 3. The number of methoxy groups -OCH3 is 2. The average Bonchev–Trinajstić information content (AvgIpc) is 3.27. The third-order valence-corrected chi connectivity index (χ3v) is 7.25. The molecular formula is C26H29Br2NO4. The molecule has 5 rings (SSSR count). The van der Waals surface area contributed by atoms with Gasteiger partial charge in [0.1, 0.15) is 0 Å². The summed E-state index contributed by atoms with van der Waals surface area (Å²) in [6.07, 6.45) is 6.83. The SMILES string of the molecule is CCCCCCc1c2c(OC)c(OC)cc(Br)c2cc2[n+]1CCc1cc3c(cc1-2)OCO3.[Br-]. The standard InChI is InChI=1S/C26H29BrNO4.BrH/c1-4-5-6-7-8-20-25-18(19(27)14-24(29-2)26(25)30-3)12-21-17-13-23-22(31-15-32-23)11-16(17)9-10-28(20)21;/h11-14H,4-10,15H2,1-3H3;1H/q+1;/p-1. The number of nitrogens with zero attached hydrogens (tertiary/aromatic N) is 1. The lowest BCUT2D eigenvalue weighted by Gasteiger charge is -2.21. The molecule has 0 aliphatic carbocycles. The van der Waals surface area contributed by atoms with Crippen LogP contribution in [0.2, 0.25) is 0 Å². The molecule has 0 N–H and O–H groups in total. The smallest absolute Gasteiger partial charge is 0.231 e. The Balaban J connectivity index is 0.00000259. The van der Waals surface area contributed by atoms with Crippen molar-refractivity contribution in [2.45, 2.75) is 52.0 Å². The van der Waals surface area contributed by atoms with Crippen molar-refractivity contribution in [1.82, 2.24) is 0 Å². The lowest BCUT2D eigenvalue weighted by molar-refractivity contribution is -0.693. The normalized spacial score (nSPS) is 13.3. The molecule has 7 heteroatoms. The highest BCUT2D eigenvalue weighted by Gasteiger charge is 2.33. The molecule has 0 saturated carbocycles. The van der Waals surface area contributed by atoms with Crippen molar-refractivity contribution < 1.29 is 40.5 Å². The molecule has 1 aromatic heterocycles. The molecule has 5 nitrogen and oxygen atoms in total. The minimum atomic E-state index is 0. The number of halogens is 2. The maximum Gasteiger partial charge on any atom is 0.231 e. The Morgan fingerprint density at radius 3 is 2.52 bits per heavy atom. The van der Waals surface area contributed by atoms with Crippen LogP contribution in [0.3, 0.4) is 0 Å². The molecule has 2 aliphatic heterocycles. The summed E-state index contributed by atoms with van der Waals surface area (Å²) >= 11 is 3.81. The predicted octanol–water partition coefficient (Wildman–Crippen LogP) is 2.99. The van der Waals surface area contributed by atoms with Gasteiger partial charge in [-0.25, -0.2) is 0 Å². The number of benzene rings is 2. The van der Waals surface area contributed by atoms with Crippen LogP contribution in [-0.4, -0.2) is 21.0 Å². The lowest BCUT2D eigenvalue weighted by Crippen LogP contribution is -3.00. The maximum absolute atomic E-state index is 5.90. The molecule has 0 amide bonds. The van der Waals surface area contributed by atoms with E-state index in [2.05, 4.69) is 45.6 Å². The molecule has 0 atom stereocenters. The number of hydrogen-bond acceptors (Lipinski definition) is 4. The molecule has 0 radical (unpaired) electrons. The van der Waals surface area contributed by atoms with Crippen molar-refractivity contribution >= 4 is 26.7 Å². The molecule has 176 valence electrons. The van der Waals surface area contributed by atoms with Gasteiger partial charge in [0.05, 0.1) is 25.2 Å². The molecule has 0 unspecified atom stereocenters. The fourth-order valence-corrected chi connectivity index (χ4v) is 5.54. The molecule has 3 heterocycles. The van der Waals surface area contributed by atoms with Gasteiger partial charge < -0.3 is 35.9 Å². The number of rotatable bonds is 7. The minimum absolute atomic E-state index is 0. The van der Waals surface area contributed by atoms with Gasteiger partial charge in [0.2, 0.25) is 12.5 Å². The van der Waals surface area contributed by atoms with E-state index in [0.717, 1.165) is 64.1 Å². The Labute approximate surface area is 213 Å². The average molecular weight is 579 g/mol. The summed E-state index contributed by atoms with van der Waals surface area (Å²) in [6, 6.07) is 8.57. The van der Waals surface area contributed by atoms with Gasteiger partial charge in [0.15, 0.2) is 35.2 Å². The second-order valence-electron chi connectivity index (χ2n) is 8.43. The topological polar surface area (TPSA) is 40.8 Å². The van der Waals surface area contributed by atoms with Gasteiger partial charge in [-0.3, -0.25) is 0 Å². The first-order valence-electron chi connectivity index (χ1n) is 11.4. The summed E-state index contributed by atoms with van der Waals surface area (Å²) in [4.78, 5) is 0. The van der Waals surface area contributed by atoms with Crippen molar-refractivity contribution in [1.29, 1.82) is 0 Å². The van der Waals surface area contributed by atoms with Crippen LogP contribution >= 0.6 is 15.9 Å². The predicted molar refractivity (Wildman–Crippen MR) is 128 cm³/mol. The maximum atomic E-state index is 5.90. The van der Waals surface area contributed by atoms with Gasteiger partial charge in [0.25, 0.3) is 0 Å². The van der Waals surface area contributed by atoms with Gasteiger partial charge in [-0.2, -0.15) is 4.57 Å². The van der Waals surface area contributed by atoms with Crippen LogP contribution in [0.1, 0.15) is 43.9 Å². The van der Waals surface area contributed by atoms with Crippen LogP contribution in [0.5, 0.6) is 23.0 Å². The fourth-order valence-electron chi connectivity index (χ4n) is 5.02. The van der Waals surface area contributed by atoms with E-state index in [0.29, 0.717) is 6.79 Å². The van der Waals surface area contributed by atoms with Crippen molar-refractivity contribution in [3.05, 3.63) is 40.0 Å². The third-order valence-electron chi connectivity index (χ3n) is 6.59. The molecule has 0 saturated heterocycles. The summed E-state index contributed by atoms with van der Waals surface area (Å²) in [5.74, 6) is 3.24. The van der Waals surface area contributed by atoms with Gasteiger partial charge >= 0.3 is 0 Å². The molecule has 0 spiro atoms. The molecule has 0 fully saturated rings. The molecular weight excluding hydrogens is 550 g/mol. The van der Waals surface area contributed by atoms with E-state index in [4.69, 9.17) is 18.9 Å². The van der Waals surface area contributed by atoms with Crippen molar-refractivity contribution in [3.8, 4) is 34.3 Å². The largest absolute Gasteiger partial charge is 1.00 e. The highest BCUT2D eigenvalue weighted by atomic mass is 79.9. The Morgan fingerprint density at radius 2 is 1.79 bits per heavy atom. The van der Waals surface area contributed by atoms with Gasteiger partial charge in [0, 0.05) is 28.8 Å². The number of fused-ring (bicyclic) bond motifs is 5. The molecule has 2 aliphatic rings. The quantitative estimate of drug-likeness (QED) is 0.319. The molecule has 2 aromatic carbocycles. The van der Waals surface area contributed by atoms with E-state index in [1.165, 1.54) is 41.8 Å². The number of ether oxygens (including phenoxy) is 4. The second kappa shape index (κ2) is 10.1. The summed E-state index contributed by atoms with van der Waals surface area (Å²) in [5, 5.41) is 2.29. The van der Waals surface area contributed by atoms with Crippen LogP contribution in [0.15, 0.2) is 28.7 Å². The Bertz CT molecular complexity index is 1200. The zero-order valence-electron chi connectivity index (χ0n) is 19.3. The van der Waals surface area contributed by atoms with Gasteiger partial charge in [-0.1, -0.05) is 42.1 Å². The summed E-state index contributed by atoms with van der Waals surface area (Å²) in [6.45, 7) is 3.47. The van der Waals surface area contributed by atoms with Crippen molar-refractivity contribution in [2.24, 2.45) is 0 Å². The number of pyridine rings is 1. The zero-order chi connectivity index (χ0) is 22.2. The molecule has 33 heavy (non-hydrogen) atoms. The van der Waals surface area contributed by atoms with Crippen LogP contribution in [-0.2, 0) is 19.4 Å². The van der Waals surface area contributed by atoms with Gasteiger partial charge in [-0.15, -0.1) is 0 Å². The van der Waals surface area contributed by atoms with E-state index in [-0.39, 0.29) is 17.0 Å². The van der Waals surface area contributed by atoms with E-state index >= 15 is 0 Å². The van der Waals surface area contributed by atoms with Crippen LogP contribution in [0.25, 0.3) is 22.0 Å². The Morgan fingerprint density at radius 1 is 1.00 bits per heavy atom. The summed E-state index contributed by atoms with van der Waals surface area (Å²) in [7, 11) is 3.42. The van der Waals surface area contributed by atoms with E-state index in [9.17, 15) is 0 Å². The number of aryl methyl sites for hydroxylation is 2. The Kier molecular flexibility index (Phi) is 7.39. The summed E-state index contributed by atoms with van der Waals surface area (Å²) in [5.41, 5.74) is 5.06. The van der Waals surface area contributed by atoms with Crippen molar-refractivity contribution in [3.63, 3.8) is 0 Å². The van der Waals surface area contributed by atoms with Crippen molar-refractivity contribution in [2.75, 3.05) is 21.0 Å². The minimum Gasteiger partial charge on any atom is -1.00 e. The lowest BCUT2D eigenvalue weighted by atomic mass is 9.92. The van der Waals surface area contributed by atoms with Crippen LogP contribution < -0.4 is 40.5 Å². The summed E-state index contributed by atoms with van der Waals surface area (Å²) < 4.78 is 26.4. The molecule has 0 bridgehead atoms. The van der Waals surface area contributed by atoms with Crippen LogP contribution in [0.4, 0.5) is 0 Å². The first kappa shape index (κ1) is 24.1. The fraction of sp³-hybridized carbons (Fsp3) is 0.423. The Hall–Kier alpha value is -1.99. The first-order valence-corrected chi connectivity index (χ1v) is 12.2. The number of aromatic nitrogens is 1.